The largest absolute Gasteiger partial charge is 0.416 e. The van der Waals surface area contributed by atoms with Gasteiger partial charge in [-0.3, -0.25) is 9.78 Å². The molecule has 3 rings (SSSR count). The Morgan fingerprint density at radius 2 is 1.96 bits per heavy atom. The molecule has 9 heteroatoms. The van der Waals surface area contributed by atoms with E-state index in [2.05, 4.69) is 15.3 Å². The van der Waals surface area contributed by atoms with Crippen molar-refractivity contribution >= 4 is 17.2 Å². The standard InChI is InChI=1S/C18H13F4N3OS/c19-13-8-11(7-12(9-13)18(20,21)22)17(26)24-6-4-16-25-15(10-27-16)14-3-1-2-5-23-14/h1-3,5,7-10H,4,6H2,(H,24,26). The molecule has 1 aromatic carbocycles. The summed E-state index contributed by atoms with van der Waals surface area (Å²) in [5, 5.41) is 5.06. The molecule has 0 aliphatic rings. The van der Waals surface area contributed by atoms with Gasteiger partial charge in [0.05, 0.1) is 22.0 Å². The molecule has 2 aromatic heterocycles. The van der Waals surface area contributed by atoms with E-state index in [0.29, 0.717) is 24.2 Å². The first-order valence-corrected chi connectivity index (χ1v) is 8.73. The first-order chi connectivity index (χ1) is 12.8. The predicted molar refractivity (Wildman–Crippen MR) is 92.8 cm³/mol. The molecule has 0 aliphatic carbocycles. The molecule has 0 saturated heterocycles. The van der Waals surface area contributed by atoms with Gasteiger partial charge in [-0.05, 0) is 30.3 Å². The average Bonchev–Trinajstić information content (AvgIpc) is 3.10. The second kappa shape index (κ2) is 7.83. The van der Waals surface area contributed by atoms with Gasteiger partial charge in [0.15, 0.2) is 0 Å². The van der Waals surface area contributed by atoms with Crippen molar-refractivity contribution in [2.75, 3.05) is 6.54 Å². The van der Waals surface area contributed by atoms with E-state index < -0.39 is 23.5 Å². The maximum Gasteiger partial charge on any atom is 0.416 e. The Hall–Kier alpha value is -2.81. The second-order valence-corrected chi connectivity index (χ2v) is 6.52. The van der Waals surface area contributed by atoms with Crippen LogP contribution in [0.4, 0.5) is 17.6 Å². The summed E-state index contributed by atoms with van der Waals surface area (Å²) in [7, 11) is 0. The third-order valence-electron chi connectivity index (χ3n) is 3.59. The Kier molecular flexibility index (Phi) is 5.50. The minimum Gasteiger partial charge on any atom is -0.352 e. The van der Waals surface area contributed by atoms with Gasteiger partial charge in [0, 0.05) is 30.1 Å². The molecule has 2 heterocycles. The number of hydrogen-bond acceptors (Lipinski definition) is 4. The molecule has 0 bridgehead atoms. The lowest BCUT2D eigenvalue weighted by Crippen LogP contribution is -2.26. The minimum absolute atomic E-state index is 0.159. The van der Waals surface area contributed by atoms with E-state index in [9.17, 15) is 22.4 Å². The lowest BCUT2D eigenvalue weighted by atomic mass is 10.1. The highest BCUT2D eigenvalue weighted by Gasteiger charge is 2.32. The number of rotatable bonds is 5. The average molecular weight is 395 g/mol. The normalized spacial score (nSPS) is 11.4. The van der Waals surface area contributed by atoms with E-state index in [-0.39, 0.29) is 12.1 Å². The highest BCUT2D eigenvalue weighted by molar-refractivity contribution is 7.09. The van der Waals surface area contributed by atoms with Crippen LogP contribution < -0.4 is 5.32 Å². The summed E-state index contributed by atoms with van der Waals surface area (Å²) in [6, 6.07) is 7.21. The highest BCUT2D eigenvalue weighted by Crippen LogP contribution is 2.30. The predicted octanol–water partition coefficient (Wildman–Crippen LogP) is 4.34. The summed E-state index contributed by atoms with van der Waals surface area (Å²) < 4.78 is 51.5. The lowest BCUT2D eigenvalue weighted by Gasteiger charge is -2.09. The van der Waals surface area contributed by atoms with E-state index in [1.807, 2.05) is 17.5 Å². The van der Waals surface area contributed by atoms with Gasteiger partial charge >= 0.3 is 6.18 Å². The number of benzene rings is 1. The van der Waals surface area contributed by atoms with Gasteiger partial charge in [0.1, 0.15) is 5.82 Å². The van der Waals surface area contributed by atoms with Crippen molar-refractivity contribution in [2.45, 2.75) is 12.6 Å². The molecule has 0 fully saturated rings. The van der Waals surface area contributed by atoms with Crippen LogP contribution in [0.25, 0.3) is 11.4 Å². The summed E-state index contributed by atoms with van der Waals surface area (Å²) in [5.41, 5.74) is -0.145. The van der Waals surface area contributed by atoms with Gasteiger partial charge < -0.3 is 5.32 Å². The zero-order chi connectivity index (χ0) is 19.4. The quantitative estimate of drug-likeness (QED) is 0.654. The number of nitrogens with one attached hydrogen (secondary N) is 1. The van der Waals surface area contributed by atoms with Crippen LogP contribution in [-0.4, -0.2) is 22.4 Å². The van der Waals surface area contributed by atoms with Crippen LogP contribution in [0, 0.1) is 5.82 Å². The van der Waals surface area contributed by atoms with Crippen molar-refractivity contribution in [3.8, 4) is 11.4 Å². The molecule has 0 aliphatic heterocycles. The number of aromatic nitrogens is 2. The van der Waals surface area contributed by atoms with Crippen molar-refractivity contribution in [1.82, 2.24) is 15.3 Å². The van der Waals surface area contributed by atoms with Gasteiger partial charge in [-0.25, -0.2) is 9.37 Å². The van der Waals surface area contributed by atoms with Gasteiger partial charge in [-0.1, -0.05) is 6.07 Å². The molecule has 1 N–H and O–H groups in total. The van der Waals surface area contributed by atoms with Crippen LogP contribution in [0.1, 0.15) is 20.9 Å². The molecule has 0 saturated carbocycles. The topological polar surface area (TPSA) is 54.9 Å². The van der Waals surface area contributed by atoms with Crippen LogP contribution in [0.3, 0.4) is 0 Å². The van der Waals surface area contributed by atoms with Crippen molar-refractivity contribution < 1.29 is 22.4 Å². The Labute approximate surface area is 155 Å². The fraction of sp³-hybridized carbons (Fsp3) is 0.167. The number of alkyl halides is 3. The van der Waals surface area contributed by atoms with E-state index in [4.69, 9.17) is 0 Å². The minimum atomic E-state index is -4.72. The van der Waals surface area contributed by atoms with Crippen LogP contribution in [-0.2, 0) is 12.6 Å². The molecule has 27 heavy (non-hydrogen) atoms. The van der Waals surface area contributed by atoms with Crippen molar-refractivity contribution in [2.24, 2.45) is 0 Å². The zero-order valence-electron chi connectivity index (χ0n) is 13.8. The Bertz CT molecular complexity index is 941. The molecule has 1 amide bonds. The van der Waals surface area contributed by atoms with Crippen LogP contribution in [0.15, 0.2) is 48.0 Å². The number of pyridine rings is 1. The van der Waals surface area contributed by atoms with E-state index >= 15 is 0 Å². The number of thiazole rings is 1. The molecule has 140 valence electrons. The highest BCUT2D eigenvalue weighted by atomic mass is 32.1. The first kappa shape index (κ1) is 19.0. The van der Waals surface area contributed by atoms with Crippen molar-refractivity contribution in [3.05, 3.63) is 69.9 Å². The molecular weight excluding hydrogens is 382 g/mol. The summed E-state index contributed by atoms with van der Waals surface area (Å²) in [6.07, 6.45) is -2.67. The Morgan fingerprint density at radius 3 is 2.67 bits per heavy atom. The molecule has 3 aromatic rings. The molecule has 0 radical (unpaired) electrons. The third-order valence-corrected chi connectivity index (χ3v) is 4.50. The van der Waals surface area contributed by atoms with E-state index in [1.165, 1.54) is 11.3 Å². The third kappa shape index (κ3) is 4.88. The van der Waals surface area contributed by atoms with E-state index in [1.54, 1.807) is 12.3 Å². The van der Waals surface area contributed by atoms with Gasteiger partial charge in [-0.2, -0.15) is 13.2 Å². The molecule has 0 unspecified atom stereocenters. The summed E-state index contributed by atoms with van der Waals surface area (Å²) in [4.78, 5) is 20.6. The second-order valence-electron chi connectivity index (χ2n) is 5.57. The first-order valence-electron chi connectivity index (χ1n) is 7.85. The lowest BCUT2D eigenvalue weighted by molar-refractivity contribution is -0.137. The van der Waals surface area contributed by atoms with Gasteiger partial charge in [0.2, 0.25) is 0 Å². The SMILES string of the molecule is O=C(NCCc1nc(-c2ccccn2)cs1)c1cc(F)cc(C(F)(F)F)c1. The Morgan fingerprint density at radius 1 is 1.15 bits per heavy atom. The molecular formula is C18H13F4N3OS. The fourth-order valence-corrected chi connectivity index (χ4v) is 3.12. The number of carbonyl (C=O) groups excluding carboxylic acids is 1. The van der Waals surface area contributed by atoms with Crippen LogP contribution >= 0.6 is 11.3 Å². The van der Waals surface area contributed by atoms with Gasteiger partial charge in [0.25, 0.3) is 5.91 Å². The summed E-state index contributed by atoms with van der Waals surface area (Å²) in [6.45, 7) is 0.159. The summed E-state index contributed by atoms with van der Waals surface area (Å²) >= 11 is 1.39. The monoisotopic (exact) mass is 395 g/mol. The zero-order valence-corrected chi connectivity index (χ0v) is 14.6. The number of nitrogens with zero attached hydrogens (tertiary/aromatic N) is 2. The number of hydrogen-bond donors (Lipinski definition) is 1. The smallest absolute Gasteiger partial charge is 0.352 e. The fourth-order valence-electron chi connectivity index (χ4n) is 2.33. The van der Waals surface area contributed by atoms with Gasteiger partial charge in [-0.15, -0.1) is 11.3 Å². The maximum atomic E-state index is 13.4. The maximum absolute atomic E-state index is 13.4. The molecule has 0 spiro atoms. The van der Waals surface area contributed by atoms with Crippen LogP contribution in [0.5, 0.6) is 0 Å². The number of halogens is 4. The van der Waals surface area contributed by atoms with Crippen molar-refractivity contribution in [3.63, 3.8) is 0 Å². The number of carbonyl (C=O) groups is 1. The van der Waals surface area contributed by atoms with Crippen molar-refractivity contribution in [1.29, 1.82) is 0 Å². The Balaban J connectivity index is 1.61. The van der Waals surface area contributed by atoms with E-state index in [0.717, 1.165) is 16.8 Å². The van der Waals surface area contributed by atoms with Crippen LogP contribution in [0.2, 0.25) is 0 Å². The summed E-state index contributed by atoms with van der Waals surface area (Å²) in [5.74, 6) is -1.89. The molecule has 0 atom stereocenters. The number of amides is 1. The molecule has 4 nitrogen and oxygen atoms in total.